The Kier molecular flexibility index (Phi) is 2.86. The molecule has 1 aliphatic rings. The van der Waals surface area contributed by atoms with Crippen molar-refractivity contribution in [1.29, 1.82) is 0 Å². The summed E-state index contributed by atoms with van der Waals surface area (Å²) >= 11 is 0. The molecular formula is C13H13N5O2. The molecule has 20 heavy (non-hydrogen) atoms. The summed E-state index contributed by atoms with van der Waals surface area (Å²) in [6, 6.07) is 7.30. The summed E-state index contributed by atoms with van der Waals surface area (Å²) in [6.45, 7) is 0.900. The Hall–Kier alpha value is -2.83. The molecule has 7 nitrogen and oxygen atoms in total. The van der Waals surface area contributed by atoms with Gasteiger partial charge in [-0.2, -0.15) is 5.10 Å². The minimum atomic E-state index is -0.579. The van der Waals surface area contributed by atoms with Crippen LogP contribution in [0, 0.1) is 0 Å². The van der Waals surface area contributed by atoms with Crippen molar-refractivity contribution in [3.05, 3.63) is 30.5 Å². The van der Waals surface area contributed by atoms with Crippen molar-refractivity contribution in [3.63, 3.8) is 0 Å². The molecule has 2 aromatic rings. The van der Waals surface area contributed by atoms with Crippen LogP contribution in [-0.2, 0) is 9.59 Å². The summed E-state index contributed by atoms with van der Waals surface area (Å²) in [6.07, 6.45) is 1.62. The fourth-order valence-electron chi connectivity index (χ4n) is 2.19. The Morgan fingerprint density at radius 2 is 2.15 bits per heavy atom. The molecule has 0 spiro atoms. The number of carbonyl (C=O) groups is 2. The molecule has 0 bridgehead atoms. The van der Waals surface area contributed by atoms with E-state index in [2.05, 4.69) is 15.5 Å². The van der Waals surface area contributed by atoms with Crippen LogP contribution in [0.15, 0.2) is 30.5 Å². The zero-order valence-corrected chi connectivity index (χ0v) is 10.6. The van der Waals surface area contributed by atoms with Crippen molar-refractivity contribution in [3.8, 4) is 11.1 Å². The molecule has 3 rings (SSSR count). The number of nitrogens with two attached hydrogens (primary N) is 1. The number of benzene rings is 1. The molecule has 0 aliphatic carbocycles. The Balaban J connectivity index is 1.97. The number of anilines is 2. The zero-order chi connectivity index (χ0) is 14.1. The van der Waals surface area contributed by atoms with Crippen LogP contribution < -0.4 is 16.0 Å². The smallest absolute Gasteiger partial charge is 0.316 e. The van der Waals surface area contributed by atoms with E-state index in [-0.39, 0.29) is 0 Å². The quantitative estimate of drug-likeness (QED) is 0.675. The first-order valence-corrected chi connectivity index (χ1v) is 6.16. The highest BCUT2D eigenvalue weighted by Crippen LogP contribution is 2.27. The van der Waals surface area contributed by atoms with Gasteiger partial charge in [0, 0.05) is 24.3 Å². The molecule has 7 heteroatoms. The molecule has 0 atom stereocenters. The highest BCUT2D eigenvalue weighted by atomic mass is 16.2. The number of hydrogen-bond donors (Lipinski definition) is 3. The van der Waals surface area contributed by atoms with E-state index >= 15 is 0 Å². The molecule has 1 saturated heterocycles. The standard InChI is InChI=1S/C13H13N5O2/c14-11-10(7-16-17-11)8-2-1-3-9(6-8)18-5-4-15-12(19)13(18)20/h1-3,6-7H,4-5H2,(H,15,19)(H3,14,16,17). The number of aromatic nitrogens is 2. The molecule has 102 valence electrons. The summed E-state index contributed by atoms with van der Waals surface area (Å²) < 4.78 is 0. The fourth-order valence-corrected chi connectivity index (χ4v) is 2.19. The van der Waals surface area contributed by atoms with Crippen molar-refractivity contribution in [1.82, 2.24) is 15.5 Å². The number of aromatic amines is 1. The summed E-state index contributed by atoms with van der Waals surface area (Å²) in [5, 5.41) is 9.06. The van der Waals surface area contributed by atoms with Crippen LogP contribution in [0.2, 0.25) is 0 Å². The number of nitrogens with one attached hydrogen (secondary N) is 2. The second kappa shape index (κ2) is 4.69. The van der Waals surface area contributed by atoms with Crippen molar-refractivity contribution >= 4 is 23.3 Å². The van der Waals surface area contributed by atoms with Crippen molar-refractivity contribution in [2.75, 3.05) is 23.7 Å². The van der Waals surface area contributed by atoms with Gasteiger partial charge in [0.15, 0.2) is 0 Å². The number of nitrogens with zero attached hydrogens (tertiary/aromatic N) is 2. The second-order valence-corrected chi connectivity index (χ2v) is 4.46. The molecule has 1 fully saturated rings. The van der Waals surface area contributed by atoms with E-state index < -0.39 is 11.8 Å². The Bertz CT molecular complexity index is 679. The summed E-state index contributed by atoms with van der Waals surface area (Å²) in [4.78, 5) is 24.7. The number of carbonyl (C=O) groups excluding carboxylic acids is 2. The first-order valence-electron chi connectivity index (χ1n) is 6.16. The topological polar surface area (TPSA) is 104 Å². The number of rotatable bonds is 2. The second-order valence-electron chi connectivity index (χ2n) is 4.46. The number of piperazine rings is 1. The fraction of sp³-hybridized carbons (Fsp3) is 0.154. The van der Waals surface area contributed by atoms with E-state index in [9.17, 15) is 9.59 Å². The summed E-state index contributed by atoms with van der Waals surface area (Å²) in [5.41, 5.74) is 8.06. The van der Waals surface area contributed by atoms with Crippen LogP contribution in [0.25, 0.3) is 11.1 Å². The Labute approximate surface area is 114 Å². The predicted octanol–water partition coefficient (Wildman–Crippen LogP) is 0.122. The molecule has 0 radical (unpaired) electrons. The molecule has 0 saturated carbocycles. The Morgan fingerprint density at radius 1 is 1.30 bits per heavy atom. The van der Waals surface area contributed by atoms with Gasteiger partial charge in [-0.3, -0.25) is 14.7 Å². The van der Waals surface area contributed by atoms with E-state index in [1.165, 1.54) is 4.90 Å². The largest absolute Gasteiger partial charge is 0.384 e. The third-order valence-electron chi connectivity index (χ3n) is 3.20. The van der Waals surface area contributed by atoms with E-state index in [4.69, 9.17) is 5.73 Å². The van der Waals surface area contributed by atoms with Gasteiger partial charge in [0.25, 0.3) is 0 Å². The van der Waals surface area contributed by atoms with E-state index in [0.29, 0.717) is 24.6 Å². The minimum absolute atomic E-state index is 0.447. The monoisotopic (exact) mass is 271 g/mol. The highest BCUT2D eigenvalue weighted by Gasteiger charge is 2.27. The molecule has 1 aromatic carbocycles. The van der Waals surface area contributed by atoms with E-state index in [0.717, 1.165) is 11.1 Å². The van der Waals surface area contributed by atoms with Gasteiger partial charge in [-0.15, -0.1) is 0 Å². The van der Waals surface area contributed by atoms with Gasteiger partial charge in [-0.25, -0.2) is 0 Å². The van der Waals surface area contributed by atoms with Gasteiger partial charge in [0.1, 0.15) is 5.82 Å². The van der Waals surface area contributed by atoms with Crippen LogP contribution >= 0.6 is 0 Å². The molecule has 0 unspecified atom stereocenters. The molecule has 1 aliphatic heterocycles. The lowest BCUT2D eigenvalue weighted by Crippen LogP contribution is -2.52. The highest BCUT2D eigenvalue weighted by molar-refractivity contribution is 6.41. The first kappa shape index (κ1) is 12.2. The molecular weight excluding hydrogens is 258 g/mol. The van der Waals surface area contributed by atoms with Gasteiger partial charge in [-0.1, -0.05) is 12.1 Å². The zero-order valence-electron chi connectivity index (χ0n) is 10.6. The summed E-state index contributed by atoms with van der Waals surface area (Å²) in [7, 11) is 0. The maximum absolute atomic E-state index is 11.9. The predicted molar refractivity (Wildman–Crippen MR) is 73.8 cm³/mol. The van der Waals surface area contributed by atoms with E-state index in [1.807, 2.05) is 18.2 Å². The maximum atomic E-state index is 11.9. The third-order valence-corrected chi connectivity index (χ3v) is 3.20. The van der Waals surface area contributed by atoms with E-state index in [1.54, 1.807) is 12.3 Å². The average Bonchev–Trinajstić information content (AvgIpc) is 2.88. The first-order chi connectivity index (χ1) is 9.66. The van der Waals surface area contributed by atoms with Crippen LogP contribution in [0.1, 0.15) is 0 Å². The number of amides is 2. The lowest BCUT2D eigenvalue weighted by atomic mass is 10.1. The number of nitrogen functional groups attached to an aromatic ring is 1. The lowest BCUT2D eigenvalue weighted by molar-refractivity contribution is -0.138. The average molecular weight is 271 g/mol. The maximum Gasteiger partial charge on any atom is 0.316 e. The van der Waals surface area contributed by atoms with Gasteiger partial charge in [0.2, 0.25) is 0 Å². The van der Waals surface area contributed by atoms with Gasteiger partial charge >= 0.3 is 11.8 Å². The number of hydrogen-bond acceptors (Lipinski definition) is 4. The molecule has 2 heterocycles. The molecule has 2 amide bonds. The van der Waals surface area contributed by atoms with Crippen molar-refractivity contribution in [2.24, 2.45) is 0 Å². The third kappa shape index (κ3) is 1.99. The van der Waals surface area contributed by atoms with Gasteiger partial charge in [0.05, 0.1) is 6.20 Å². The lowest BCUT2D eigenvalue weighted by Gasteiger charge is -2.26. The van der Waals surface area contributed by atoms with Crippen LogP contribution in [-0.4, -0.2) is 35.1 Å². The summed E-state index contributed by atoms with van der Waals surface area (Å²) in [5.74, 6) is -0.664. The van der Waals surface area contributed by atoms with Gasteiger partial charge in [-0.05, 0) is 17.7 Å². The van der Waals surface area contributed by atoms with Gasteiger partial charge < -0.3 is 16.0 Å². The van der Waals surface area contributed by atoms with Crippen molar-refractivity contribution in [2.45, 2.75) is 0 Å². The number of H-pyrrole nitrogens is 1. The van der Waals surface area contributed by atoms with Crippen LogP contribution in [0.3, 0.4) is 0 Å². The SMILES string of the molecule is Nc1[nH]ncc1-c1cccc(N2CCNC(=O)C2=O)c1. The molecule has 4 N–H and O–H groups in total. The minimum Gasteiger partial charge on any atom is -0.384 e. The van der Waals surface area contributed by atoms with Crippen LogP contribution in [0.4, 0.5) is 11.5 Å². The normalized spacial score (nSPS) is 15.3. The Morgan fingerprint density at radius 3 is 2.90 bits per heavy atom. The molecule has 1 aromatic heterocycles. The van der Waals surface area contributed by atoms with Crippen molar-refractivity contribution < 1.29 is 9.59 Å². The van der Waals surface area contributed by atoms with Crippen LogP contribution in [0.5, 0.6) is 0 Å².